The van der Waals surface area contributed by atoms with Crippen molar-refractivity contribution in [3.8, 4) is 12.3 Å². The number of halogens is 1. The fraction of sp³-hybridized carbons (Fsp3) is 0.500. The first-order valence-electron chi connectivity index (χ1n) is 7.60. The first-order valence-corrected chi connectivity index (χ1v) is 7.98. The van der Waals surface area contributed by atoms with Crippen LogP contribution in [-0.2, 0) is 0 Å². The molecule has 1 aromatic rings. The number of nitrogens with zero attached hydrogens (tertiary/aromatic N) is 3. The van der Waals surface area contributed by atoms with Crippen LogP contribution in [-0.4, -0.2) is 36.1 Å². The molecule has 1 aliphatic rings. The van der Waals surface area contributed by atoms with Crippen LogP contribution >= 0.6 is 11.6 Å². The summed E-state index contributed by atoms with van der Waals surface area (Å²) in [6, 6.07) is 1.80. The van der Waals surface area contributed by atoms with Gasteiger partial charge in [-0.1, -0.05) is 44.9 Å². The Kier molecular flexibility index (Phi) is 5.03. The molecule has 3 nitrogen and oxygen atoms in total. The van der Waals surface area contributed by atoms with Gasteiger partial charge in [0.15, 0.2) is 0 Å². The van der Waals surface area contributed by atoms with Gasteiger partial charge < -0.3 is 9.80 Å². The lowest BCUT2D eigenvalue weighted by atomic mass is 9.90. The van der Waals surface area contributed by atoms with E-state index in [9.17, 15) is 0 Å². The zero-order valence-electron chi connectivity index (χ0n) is 13.7. The molecule has 0 saturated carbocycles. The summed E-state index contributed by atoms with van der Waals surface area (Å²) in [5.74, 6) is 3.38. The van der Waals surface area contributed by atoms with E-state index >= 15 is 0 Å². The van der Waals surface area contributed by atoms with Crippen LogP contribution in [0.5, 0.6) is 0 Å². The third-order valence-corrected chi connectivity index (χ3v) is 4.03. The van der Waals surface area contributed by atoms with Gasteiger partial charge in [0, 0.05) is 43.6 Å². The molecule has 0 radical (unpaired) electrons. The predicted molar refractivity (Wildman–Crippen MR) is 94.2 cm³/mol. The second kappa shape index (κ2) is 6.62. The van der Waals surface area contributed by atoms with E-state index in [1.54, 1.807) is 12.3 Å². The summed E-state index contributed by atoms with van der Waals surface area (Å²) >= 11 is 6.30. The summed E-state index contributed by atoms with van der Waals surface area (Å²) in [5.41, 5.74) is 2.20. The number of rotatable bonds is 3. The van der Waals surface area contributed by atoms with Crippen molar-refractivity contribution in [1.29, 1.82) is 0 Å². The molecule has 118 valence electrons. The highest BCUT2D eigenvalue weighted by molar-refractivity contribution is 6.33. The molecule has 0 N–H and O–H groups in total. The molecule has 0 bridgehead atoms. The molecule has 1 saturated heterocycles. The Hall–Kier alpha value is -1.66. The fourth-order valence-electron chi connectivity index (χ4n) is 2.70. The van der Waals surface area contributed by atoms with Crippen LogP contribution in [0.15, 0.2) is 24.5 Å². The number of anilines is 1. The predicted octanol–water partition coefficient (Wildman–Crippen LogP) is 3.79. The highest BCUT2D eigenvalue weighted by Gasteiger charge is 2.23. The Morgan fingerprint density at radius 1 is 1.36 bits per heavy atom. The Labute approximate surface area is 139 Å². The van der Waals surface area contributed by atoms with E-state index < -0.39 is 0 Å². The summed E-state index contributed by atoms with van der Waals surface area (Å²) in [6.45, 7) is 14.7. The third-order valence-electron chi connectivity index (χ3n) is 3.75. The van der Waals surface area contributed by atoms with Gasteiger partial charge in [-0.05, 0) is 17.9 Å². The van der Waals surface area contributed by atoms with E-state index in [4.69, 9.17) is 18.0 Å². The van der Waals surface area contributed by atoms with Crippen molar-refractivity contribution in [3.05, 3.63) is 35.1 Å². The Balaban J connectivity index is 1.98. The van der Waals surface area contributed by atoms with E-state index in [1.165, 1.54) is 5.70 Å². The maximum absolute atomic E-state index is 6.30. The monoisotopic (exact) mass is 317 g/mol. The minimum atomic E-state index is 0.268. The minimum Gasteiger partial charge on any atom is -0.372 e. The lowest BCUT2D eigenvalue weighted by Crippen LogP contribution is -2.46. The Morgan fingerprint density at radius 2 is 2.00 bits per heavy atom. The second-order valence-corrected chi connectivity index (χ2v) is 7.36. The smallest absolute Gasteiger partial charge is 0.147 e. The maximum Gasteiger partial charge on any atom is 0.147 e. The maximum atomic E-state index is 6.30. The van der Waals surface area contributed by atoms with E-state index in [0.29, 0.717) is 10.6 Å². The Morgan fingerprint density at radius 3 is 2.50 bits per heavy atom. The van der Waals surface area contributed by atoms with Crippen LogP contribution in [0.3, 0.4) is 0 Å². The molecule has 2 rings (SSSR count). The topological polar surface area (TPSA) is 19.4 Å². The molecule has 1 aromatic heterocycles. The molecule has 0 aromatic carbocycles. The van der Waals surface area contributed by atoms with Crippen LogP contribution in [0.4, 0.5) is 5.82 Å². The van der Waals surface area contributed by atoms with Crippen molar-refractivity contribution in [1.82, 2.24) is 9.88 Å². The quantitative estimate of drug-likeness (QED) is 0.791. The normalized spacial score (nSPS) is 15.6. The highest BCUT2D eigenvalue weighted by Crippen LogP contribution is 2.28. The molecule has 1 aliphatic heterocycles. The molecule has 0 atom stereocenters. The molecule has 1 fully saturated rings. The van der Waals surface area contributed by atoms with E-state index in [0.717, 1.165) is 38.4 Å². The molecule has 0 unspecified atom stereocenters. The molecule has 0 aliphatic carbocycles. The first kappa shape index (κ1) is 16.7. The van der Waals surface area contributed by atoms with E-state index in [1.807, 2.05) is 0 Å². The molecule has 22 heavy (non-hydrogen) atoms. The molecule has 2 heterocycles. The van der Waals surface area contributed by atoms with Gasteiger partial charge in [0.05, 0.1) is 5.02 Å². The summed E-state index contributed by atoms with van der Waals surface area (Å²) in [7, 11) is 0. The van der Waals surface area contributed by atoms with Gasteiger partial charge in [-0.2, -0.15) is 0 Å². The van der Waals surface area contributed by atoms with Gasteiger partial charge in [0.2, 0.25) is 0 Å². The average molecular weight is 318 g/mol. The summed E-state index contributed by atoms with van der Waals surface area (Å²) in [6.07, 6.45) is 8.09. The molecular weight excluding hydrogens is 294 g/mol. The van der Waals surface area contributed by atoms with Crippen LogP contribution < -0.4 is 4.90 Å². The number of terminal acetylenes is 1. The minimum absolute atomic E-state index is 0.268. The van der Waals surface area contributed by atoms with Crippen molar-refractivity contribution in [2.75, 3.05) is 31.1 Å². The third kappa shape index (κ3) is 4.18. The zero-order chi connectivity index (χ0) is 16.3. The zero-order valence-corrected chi connectivity index (χ0v) is 14.5. The lowest BCUT2D eigenvalue weighted by Gasteiger charge is -2.39. The van der Waals surface area contributed by atoms with Gasteiger partial charge in [-0.25, -0.2) is 4.98 Å². The standard InChI is InChI=1S/C18H24ClN3/c1-6-15-11-16(19)17(20-13-15)22-9-7-21(8-10-22)14(2)12-18(3,4)5/h1,11,13H,2,7-10,12H2,3-5H3. The van der Waals surface area contributed by atoms with Crippen LogP contribution in [0.1, 0.15) is 32.8 Å². The van der Waals surface area contributed by atoms with Gasteiger partial charge in [-0.3, -0.25) is 0 Å². The van der Waals surface area contributed by atoms with Crippen molar-refractivity contribution in [2.24, 2.45) is 5.41 Å². The largest absolute Gasteiger partial charge is 0.372 e. The number of allylic oxidation sites excluding steroid dienone is 1. The van der Waals surface area contributed by atoms with Gasteiger partial charge in [-0.15, -0.1) is 6.42 Å². The number of hydrogen-bond donors (Lipinski definition) is 0. The van der Waals surface area contributed by atoms with E-state index in [-0.39, 0.29) is 5.41 Å². The Bertz CT molecular complexity index is 587. The lowest BCUT2D eigenvalue weighted by molar-refractivity contribution is 0.276. The van der Waals surface area contributed by atoms with Crippen LogP contribution in [0.2, 0.25) is 5.02 Å². The average Bonchev–Trinajstić information content (AvgIpc) is 2.45. The second-order valence-electron chi connectivity index (χ2n) is 6.95. The highest BCUT2D eigenvalue weighted by atomic mass is 35.5. The van der Waals surface area contributed by atoms with Gasteiger partial charge in [0.1, 0.15) is 5.82 Å². The molecule has 4 heteroatoms. The van der Waals surface area contributed by atoms with Crippen molar-refractivity contribution in [3.63, 3.8) is 0 Å². The van der Waals surface area contributed by atoms with Crippen molar-refractivity contribution >= 4 is 17.4 Å². The van der Waals surface area contributed by atoms with Gasteiger partial charge >= 0.3 is 0 Å². The number of piperazine rings is 1. The summed E-state index contributed by atoms with van der Waals surface area (Å²) in [4.78, 5) is 8.99. The number of hydrogen-bond acceptors (Lipinski definition) is 3. The van der Waals surface area contributed by atoms with Crippen LogP contribution in [0.25, 0.3) is 0 Å². The summed E-state index contributed by atoms with van der Waals surface area (Å²) in [5, 5.41) is 0.623. The van der Waals surface area contributed by atoms with Crippen LogP contribution in [0, 0.1) is 17.8 Å². The molecule has 0 amide bonds. The van der Waals surface area contributed by atoms with E-state index in [2.05, 4.69) is 48.1 Å². The summed E-state index contributed by atoms with van der Waals surface area (Å²) < 4.78 is 0. The molecular formula is C18H24ClN3. The van der Waals surface area contributed by atoms with Crippen molar-refractivity contribution in [2.45, 2.75) is 27.2 Å². The van der Waals surface area contributed by atoms with Gasteiger partial charge in [0.25, 0.3) is 0 Å². The first-order chi connectivity index (χ1) is 10.3. The number of aromatic nitrogens is 1. The van der Waals surface area contributed by atoms with Crippen molar-refractivity contribution < 1.29 is 0 Å². The fourth-order valence-corrected chi connectivity index (χ4v) is 2.99. The molecule has 0 spiro atoms. The number of pyridine rings is 1. The SMILES string of the molecule is C#Cc1cnc(N2CCN(C(=C)CC(C)(C)C)CC2)c(Cl)c1.